The molecule has 2 aliphatic rings. The van der Waals surface area contributed by atoms with Crippen LogP contribution in [0.4, 0.5) is 5.82 Å². The van der Waals surface area contributed by atoms with Crippen LogP contribution < -0.4 is 10.6 Å². The predicted molar refractivity (Wildman–Crippen MR) is 105 cm³/mol. The topological polar surface area (TPSA) is 87.9 Å². The van der Waals surface area contributed by atoms with Gasteiger partial charge in [-0.3, -0.25) is 4.79 Å². The first kappa shape index (κ1) is 16.3. The van der Waals surface area contributed by atoms with Crippen LogP contribution in [0, 0.1) is 0 Å². The van der Waals surface area contributed by atoms with Gasteiger partial charge in [0, 0.05) is 24.7 Å². The number of aryl methyl sites for hydroxylation is 2. The lowest BCUT2D eigenvalue weighted by molar-refractivity contribution is 0.1000. The van der Waals surface area contributed by atoms with E-state index in [2.05, 4.69) is 16.0 Å². The van der Waals surface area contributed by atoms with Crippen molar-refractivity contribution in [2.24, 2.45) is 5.73 Å². The van der Waals surface area contributed by atoms with E-state index in [0.29, 0.717) is 11.5 Å². The molecule has 3 heterocycles. The number of fused-ring (bicyclic) bond motifs is 2. The van der Waals surface area contributed by atoms with Crippen molar-refractivity contribution in [3.8, 4) is 0 Å². The van der Waals surface area contributed by atoms with Gasteiger partial charge in [-0.25, -0.2) is 9.97 Å². The van der Waals surface area contributed by atoms with Crippen LogP contribution >= 0.6 is 0 Å². The van der Waals surface area contributed by atoms with E-state index >= 15 is 0 Å². The molecule has 6 nitrogen and oxygen atoms in total. The van der Waals surface area contributed by atoms with Crippen molar-refractivity contribution in [2.45, 2.75) is 38.0 Å². The summed E-state index contributed by atoms with van der Waals surface area (Å²) in [5.74, 6) is 1.67. The molecule has 3 N–H and O–H groups in total. The Morgan fingerprint density at radius 1 is 1.19 bits per heavy atom. The Hall–Kier alpha value is -2.89. The van der Waals surface area contributed by atoms with Gasteiger partial charge in [-0.2, -0.15) is 0 Å². The largest absolute Gasteiger partial charge is 0.365 e. The predicted octanol–water partition coefficient (Wildman–Crippen LogP) is 2.93. The fourth-order valence-corrected chi connectivity index (χ4v) is 4.44. The highest BCUT2D eigenvalue weighted by molar-refractivity contribution is 5.98. The van der Waals surface area contributed by atoms with Crippen molar-refractivity contribution in [3.63, 3.8) is 0 Å². The van der Waals surface area contributed by atoms with E-state index < -0.39 is 5.91 Å². The van der Waals surface area contributed by atoms with Crippen LogP contribution in [0.25, 0.3) is 11.0 Å². The number of anilines is 1. The number of carbonyl (C=O) groups excluding carboxylic acids is 1. The minimum absolute atomic E-state index is 0.293. The molecular weight excluding hydrogens is 338 g/mol. The van der Waals surface area contributed by atoms with Gasteiger partial charge in [0.1, 0.15) is 11.6 Å². The van der Waals surface area contributed by atoms with Gasteiger partial charge >= 0.3 is 0 Å². The maximum absolute atomic E-state index is 12.1. The molecule has 1 aromatic carbocycles. The first-order valence-corrected chi connectivity index (χ1v) is 9.71. The molecule has 1 amide bonds. The Balaban J connectivity index is 1.48. The number of nitrogens with one attached hydrogen (secondary N) is 1. The number of para-hydroxylation sites is 2. The number of H-pyrrole nitrogens is 1. The van der Waals surface area contributed by atoms with Crippen LogP contribution in [0.15, 0.2) is 30.3 Å². The number of benzene rings is 1. The lowest BCUT2D eigenvalue weighted by Crippen LogP contribution is -2.37. The number of nitrogens with zero attached hydrogens (tertiary/aromatic N) is 3. The van der Waals surface area contributed by atoms with Gasteiger partial charge in [-0.15, -0.1) is 0 Å². The van der Waals surface area contributed by atoms with E-state index in [1.54, 1.807) is 0 Å². The molecule has 6 heteroatoms. The van der Waals surface area contributed by atoms with Gasteiger partial charge in [-0.05, 0) is 55.9 Å². The first-order valence-electron chi connectivity index (χ1n) is 9.71. The number of rotatable bonds is 3. The van der Waals surface area contributed by atoms with Gasteiger partial charge < -0.3 is 15.6 Å². The molecule has 138 valence electrons. The summed E-state index contributed by atoms with van der Waals surface area (Å²) in [4.78, 5) is 27.4. The summed E-state index contributed by atoms with van der Waals surface area (Å²) in [6.07, 6.45) is 5.20. The lowest BCUT2D eigenvalue weighted by atomic mass is 9.96. The Morgan fingerprint density at radius 2 is 2.07 bits per heavy atom. The number of carbonyl (C=O) groups is 1. The summed E-state index contributed by atoms with van der Waals surface area (Å²) in [6.45, 7) is 1.69. The molecule has 1 fully saturated rings. The standard InChI is InChI=1S/C21H23N5O/c22-19(27)15-11-13-5-3-9-16(13)25-21(15)26-10-4-6-14(12-26)20-23-17-7-1-2-8-18(17)24-20/h1-2,7-8,11,14H,3-6,9-10,12H2,(H2,22,27)(H,23,24)/t14-/m0/s1. The molecular formula is C21H23N5O. The van der Waals surface area contributed by atoms with Crippen LogP contribution in [0.1, 0.15) is 52.6 Å². The van der Waals surface area contributed by atoms with Crippen LogP contribution in [0.2, 0.25) is 0 Å². The molecule has 5 rings (SSSR count). The number of piperidine rings is 1. The van der Waals surface area contributed by atoms with Crippen molar-refractivity contribution in [3.05, 3.63) is 53.0 Å². The summed E-state index contributed by atoms with van der Waals surface area (Å²) < 4.78 is 0. The van der Waals surface area contributed by atoms with E-state index in [1.165, 1.54) is 5.56 Å². The number of aromatic nitrogens is 3. The average molecular weight is 361 g/mol. The Morgan fingerprint density at radius 3 is 2.93 bits per heavy atom. The minimum Gasteiger partial charge on any atom is -0.365 e. The second-order valence-corrected chi connectivity index (χ2v) is 7.61. The number of amides is 1. The van der Waals surface area contributed by atoms with Crippen LogP contribution in [-0.4, -0.2) is 33.9 Å². The molecule has 0 bridgehead atoms. The van der Waals surface area contributed by atoms with E-state index in [0.717, 1.165) is 73.6 Å². The zero-order chi connectivity index (χ0) is 18.4. The molecule has 3 aromatic rings. The fraction of sp³-hybridized carbons (Fsp3) is 0.381. The molecule has 1 saturated heterocycles. The number of hydrogen-bond donors (Lipinski definition) is 2. The highest BCUT2D eigenvalue weighted by Gasteiger charge is 2.28. The molecule has 1 atom stereocenters. The Labute approximate surface area is 157 Å². The molecule has 0 spiro atoms. The maximum Gasteiger partial charge on any atom is 0.252 e. The van der Waals surface area contributed by atoms with Gasteiger partial charge in [0.2, 0.25) is 0 Å². The van der Waals surface area contributed by atoms with Crippen molar-refractivity contribution < 1.29 is 4.79 Å². The number of aromatic amines is 1. The summed E-state index contributed by atoms with van der Waals surface area (Å²) in [5.41, 5.74) is 10.6. The summed E-state index contributed by atoms with van der Waals surface area (Å²) in [5, 5.41) is 0. The average Bonchev–Trinajstić information content (AvgIpc) is 3.33. The van der Waals surface area contributed by atoms with Gasteiger partial charge in [0.25, 0.3) is 5.91 Å². The Kier molecular flexibility index (Phi) is 3.85. The monoisotopic (exact) mass is 361 g/mol. The molecule has 0 unspecified atom stereocenters. The SMILES string of the molecule is NC(=O)c1cc2c(nc1N1CCC[C@H](c3nc4ccccc4[nH]3)C1)CCC2. The highest BCUT2D eigenvalue weighted by Crippen LogP contribution is 2.33. The van der Waals surface area contributed by atoms with Crippen molar-refractivity contribution in [1.82, 2.24) is 15.0 Å². The maximum atomic E-state index is 12.1. The Bertz CT molecular complexity index is 992. The summed E-state index contributed by atoms with van der Waals surface area (Å²) in [6, 6.07) is 10.1. The van der Waals surface area contributed by atoms with Crippen molar-refractivity contribution in [1.29, 1.82) is 0 Å². The van der Waals surface area contributed by atoms with Crippen LogP contribution in [-0.2, 0) is 12.8 Å². The second-order valence-electron chi connectivity index (χ2n) is 7.61. The van der Waals surface area contributed by atoms with Crippen molar-refractivity contribution >= 4 is 22.8 Å². The molecule has 2 aromatic heterocycles. The first-order chi connectivity index (χ1) is 13.2. The normalized spacial score (nSPS) is 19.4. The van der Waals surface area contributed by atoms with E-state index in [1.807, 2.05) is 24.3 Å². The minimum atomic E-state index is -0.391. The molecule has 0 saturated carbocycles. The number of primary amides is 1. The molecule has 0 radical (unpaired) electrons. The van der Waals surface area contributed by atoms with Gasteiger partial charge in [0.05, 0.1) is 16.6 Å². The third-order valence-electron chi connectivity index (χ3n) is 5.81. The van der Waals surface area contributed by atoms with Crippen LogP contribution in [0.3, 0.4) is 0 Å². The number of nitrogens with two attached hydrogens (primary N) is 1. The highest BCUT2D eigenvalue weighted by atomic mass is 16.1. The lowest BCUT2D eigenvalue weighted by Gasteiger charge is -2.33. The number of imidazole rings is 1. The molecule has 1 aliphatic heterocycles. The fourth-order valence-electron chi connectivity index (χ4n) is 4.44. The molecule has 1 aliphatic carbocycles. The van der Waals surface area contributed by atoms with Crippen LogP contribution in [0.5, 0.6) is 0 Å². The molecule has 27 heavy (non-hydrogen) atoms. The summed E-state index contributed by atoms with van der Waals surface area (Å²) >= 11 is 0. The third-order valence-corrected chi connectivity index (χ3v) is 5.81. The quantitative estimate of drug-likeness (QED) is 0.751. The third kappa shape index (κ3) is 2.85. The second kappa shape index (κ2) is 6.37. The summed E-state index contributed by atoms with van der Waals surface area (Å²) in [7, 11) is 0. The van der Waals surface area contributed by atoms with Gasteiger partial charge in [-0.1, -0.05) is 12.1 Å². The number of pyridine rings is 1. The van der Waals surface area contributed by atoms with E-state index in [-0.39, 0.29) is 0 Å². The van der Waals surface area contributed by atoms with Crippen molar-refractivity contribution in [2.75, 3.05) is 18.0 Å². The van der Waals surface area contributed by atoms with E-state index in [4.69, 9.17) is 15.7 Å². The zero-order valence-corrected chi connectivity index (χ0v) is 15.2. The zero-order valence-electron chi connectivity index (χ0n) is 15.2. The smallest absolute Gasteiger partial charge is 0.252 e. The van der Waals surface area contributed by atoms with E-state index in [9.17, 15) is 4.79 Å². The van der Waals surface area contributed by atoms with Gasteiger partial charge in [0.15, 0.2) is 0 Å². The number of hydrogen-bond acceptors (Lipinski definition) is 4.